The summed E-state index contributed by atoms with van der Waals surface area (Å²) in [6, 6.07) is 7.46. The number of benzene rings is 1. The quantitative estimate of drug-likeness (QED) is 0.699. The number of imidazole rings is 1. The van der Waals surface area contributed by atoms with Gasteiger partial charge in [0.05, 0.1) is 11.0 Å². The molecule has 1 aliphatic rings. The Morgan fingerprint density at radius 3 is 2.61 bits per heavy atom. The minimum Gasteiger partial charge on any atom is -0.351 e. The number of halogens is 2. The molecule has 1 fully saturated rings. The Hall–Kier alpha value is -1.35. The number of aromatic nitrogens is 2. The zero-order chi connectivity index (χ0) is 18.7. The molecule has 3 N–H and O–H groups in total. The maximum Gasteiger partial charge on any atom is 0.240 e. The number of hydrogen-bond acceptors (Lipinski definition) is 5. The van der Waals surface area contributed by atoms with Gasteiger partial charge in [0.15, 0.2) is 9.84 Å². The molecule has 2 aromatic rings. The lowest BCUT2D eigenvalue weighted by Crippen LogP contribution is -2.45. The third-order valence-corrected chi connectivity index (χ3v) is 5.77. The summed E-state index contributed by atoms with van der Waals surface area (Å²) >= 11 is 0. The first kappa shape index (κ1) is 24.7. The fourth-order valence-corrected chi connectivity index (χ4v) is 4.41. The van der Waals surface area contributed by atoms with Gasteiger partial charge < -0.3 is 15.6 Å². The Bertz CT molecular complexity index is 901. The van der Waals surface area contributed by atoms with E-state index < -0.39 is 9.84 Å². The van der Waals surface area contributed by atoms with Crippen molar-refractivity contribution >= 4 is 51.6 Å². The summed E-state index contributed by atoms with van der Waals surface area (Å²) in [5, 5.41) is 3.10. The molecule has 1 aliphatic carbocycles. The highest BCUT2D eigenvalue weighted by Gasteiger charge is 2.26. The van der Waals surface area contributed by atoms with Crippen LogP contribution in [0.3, 0.4) is 0 Å². The van der Waals surface area contributed by atoms with Crippen LogP contribution in [0.15, 0.2) is 24.3 Å². The smallest absolute Gasteiger partial charge is 0.240 e. The number of rotatable bonds is 6. The molecule has 3 rings (SSSR count). The minimum atomic E-state index is -3.25. The number of fused-ring (bicyclic) bond motifs is 1. The molecule has 0 saturated heterocycles. The van der Waals surface area contributed by atoms with E-state index >= 15 is 0 Å². The van der Waals surface area contributed by atoms with Gasteiger partial charge in [0, 0.05) is 12.3 Å². The van der Waals surface area contributed by atoms with Crippen LogP contribution in [-0.2, 0) is 26.9 Å². The van der Waals surface area contributed by atoms with Crippen molar-refractivity contribution in [1.82, 2.24) is 14.9 Å². The van der Waals surface area contributed by atoms with E-state index in [1.54, 1.807) is 4.57 Å². The Labute approximate surface area is 178 Å². The van der Waals surface area contributed by atoms with Crippen molar-refractivity contribution < 1.29 is 13.2 Å². The topological polar surface area (TPSA) is 107 Å². The van der Waals surface area contributed by atoms with Crippen LogP contribution in [0, 0.1) is 5.92 Å². The van der Waals surface area contributed by atoms with Crippen molar-refractivity contribution in [2.45, 2.75) is 44.0 Å². The number of nitrogens with zero attached hydrogens (tertiary/aromatic N) is 2. The molecule has 2 unspecified atom stereocenters. The van der Waals surface area contributed by atoms with Crippen LogP contribution < -0.4 is 11.1 Å². The van der Waals surface area contributed by atoms with Crippen molar-refractivity contribution in [3.8, 4) is 0 Å². The maximum absolute atomic E-state index is 12.7. The van der Waals surface area contributed by atoms with Gasteiger partial charge in [-0.2, -0.15) is 0 Å². The lowest BCUT2D eigenvalue weighted by Gasteiger charge is -2.31. The van der Waals surface area contributed by atoms with E-state index in [1.165, 1.54) is 6.26 Å². The number of amides is 1. The van der Waals surface area contributed by atoms with Crippen LogP contribution in [0.5, 0.6) is 0 Å². The second-order valence-corrected chi connectivity index (χ2v) is 9.27. The van der Waals surface area contributed by atoms with E-state index in [0.29, 0.717) is 23.8 Å². The lowest BCUT2D eigenvalue weighted by molar-refractivity contribution is -0.122. The van der Waals surface area contributed by atoms with Gasteiger partial charge in [0.25, 0.3) is 0 Å². The third kappa shape index (κ3) is 6.07. The summed E-state index contributed by atoms with van der Waals surface area (Å²) < 4.78 is 25.2. The standard InChI is InChI=1S/C18H26N4O3S.2ClH/c1-26(24,25)12-17-20-15-8-4-5-9-16(15)22(17)11-18(23)21-14-7-3-2-6-13(14)10-19;;/h4-5,8-9,13-14H,2-3,6-7,10-12,19H2,1H3,(H,21,23);2*1H. The van der Waals surface area contributed by atoms with Crippen LogP contribution in [0.2, 0.25) is 0 Å². The van der Waals surface area contributed by atoms with Gasteiger partial charge >= 0.3 is 0 Å². The molecule has 1 aromatic carbocycles. The Morgan fingerprint density at radius 2 is 1.93 bits per heavy atom. The monoisotopic (exact) mass is 450 g/mol. The first-order chi connectivity index (χ1) is 12.4. The van der Waals surface area contributed by atoms with E-state index in [2.05, 4.69) is 10.3 Å². The number of sulfone groups is 1. The predicted octanol–water partition coefficient (Wildman–Crippen LogP) is 2.06. The molecule has 10 heteroatoms. The highest BCUT2D eigenvalue weighted by molar-refractivity contribution is 7.89. The molecule has 2 atom stereocenters. The van der Waals surface area contributed by atoms with Gasteiger partial charge in [-0.05, 0) is 37.4 Å². The average molecular weight is 451 g/mol. The van der Waals surface area contributed by atoms with Crippen molar-refractivity contribution in [1.29, 1.82) is 0 Å². The fourth-order valence-electron chi connectivity index (χ4n) is 3.72. The van der Waals surface area contributed by atoms with Crippen LogP contribution in [0.25, 0.3) is 11.0 Å². The number of para-hydroxylation sites is 2. The number of nitrogens with two attached hydrogens (primary N) is 1. The molecule has 28 heavy (non-hydrogen) atoms. The number of carbonyl (C=O) groups is 1. The second kappa shape index (κ2) is 10.4. The second-order valence-electron chi connectivity index (χ2n) is 7.13. The van der Waals surface area contributed by atoms with Gasteiger partial charge in [-0.1, -0.05) is 25.0 Å². The molecule has 1 amide bonds. The van der Waals surface area contributed by atoms with Crippen molar-refractivity contribution in [2.75, 3.05) is 12.8 Å². The fraction of sp³-hybridized carbons (Fsp3) is 0.556. The predicted molar refractivity (Wildman–Crippen MR) is 116 cm³/mol. The van der Waals surface area contributed by atoms with Crippen LogP contribution >= 0.6 is 24.8 Å². The summed E-state index contributed by atoms with van der Waals surface area (Å²) in [5.41, 5.74) is 7.30. The minimum absolute atomic E-state index is 0. The molecule has 0 radical (unpaired) electrons. The highest BCUT2D eigenvalue weighted by atomic mass is 35.5. The summed E-state index contributed by atoms with van der Waals surface area (Å²) in [5.74, 6) is 0.378. The average Bonchev–Trinajstić information content (AvgIpc) is 2.91. The summed E-state index contributed by atoms with van der Waals surface area (Å²) in [7, 11) is -3.25. The van der Waals surface area contributed by atoms with Crippen molar-refractivity contribution in [3.63, 3.8) is 0 Å². The van der Waals surface area contributed by atoms with E-state index in [1.807, 2.05) is 24.3 Å². The molecule has 1 heterocycles. The van der Waals surface area contributed by atoms with Gasteiger partial charge in [0.2, 0.25) is 5.91 Å². The molecular formula is C18H28Cl2N4O3S. The molecule has 7 nitrogen and oxygen atoms in total. The highest BCUT2D eigenvalue weighted by Crippen LogP contribution is 2.24. The van der Waals surface area contributed by atoms with Crippen LogP contribution in [0.4, 0.5) is 0 Å². The Morgan fingerprint density at radius 1 is 1.25 bits per heavy atom. The first-order valence-corrected chi connectivity index (χ1v) is 11.0. The lowest BCUT2D eigenvalue weighted by atomic mass is 9.84. The Kier molecular flexibility index (Phi) is 9.20. The van der Waals surface area contributed by atoms with Gasteiger partial charge in [0.1, 0.15) is 18.1 Å². The summed E-state index contributed by atoms with van der Waals surface area (Å²) in [6.07, 6.45) is 5.39. The van der Waals surface area contributed by atoms with Crippen molar-refractivity contribution in [2.24, 2.45) is 11.7 Å². The Balaban J connectivity index is 0.00000196. The summed E-state index contributed by atoms with van der Waals surface area (Å²) in [4.78, 5) is 17.1. The van der Waals surface area contributed by atoms with E-state index in [4.69, 9.17) is 5.73 Å². The van der Waals surface area contributed by atoms with Crippen molar-refractivity contribution in [3.05, 3.63) is 30.1 Å². The SMILES string of the molecule is CS(=O)(=O)Cc1nc2ccccc2n1CC(=O)NC1CCCCC1CN.Cl.Cl. The zero-order valence-electron chi connectivity index (χ0n) is 15.8. The molecule has 1 saturated carbocycles. The number of nitrogens with one attached hydrogen (secondary N) is 1. The van der Waals surface area contributed by atoms with Gasteiger partial charge in [-0.15, -0.1) is 24.8 Å². The third-order valence-electron chi connectivity index (χ3n) is 4.98. The van der Waals surface area contributed by atoms with Gasteiger partial charge in [-0.25, -0.2) is 13.4 Å². The first-order valence-electron chi connectivity index (χ1n) is 8.98. The maximum atomic E-state index is 12.7. The molecular weight excluding hydrogens is 423 g/mol. The van der Waals surface area contributed by atoms with Crippen LogP contribution in [0.1, 0.15) is 31.5 Å². The number of hydrogen-bond donors (Lipinski definition) is 2. The molecule has 0 aliphatic heterocycles. The van der Waals surface area contributed by atoms with E-state index in [0.717, 1.165) is 31.2 Å². The zero-order valence-corrected chi connectivity index (χ0v) is 18.3. The van der Waals surface area contributed by atoms with E-state index in [-0.39, 0.29) is 49.1 Å². The normalized spacial score (nSPS) is 19.5. The van der Waals surface area contributed by atoms with E-state index in [9.17, 15) is 13.2 Å². The molecule has 0 spiro atoms. The molecule has 158 valence electrons. The molecule has 1 aromatic heterocycles. The largest absolute Gasteiger partial charge is 0.351 e. The van der Waals surface area contributed by atoms with Gasteiger partial charge in [-0.3, -0.25) is 4.79 Å². The molecule has 0 bridgehead atoms. The number of carbonyl (C=O) groups excluding carboxylic acids is 1. The van der Waals surface area contributed by atoms with Crippen LogP contribution in [-0.4, -0.2) is 42.7 Å². The summed E-state index contributed by atoms with van der Waals surface area (Å²) in [6.45, 7) is 0.622.